The molecule has 2 aromatic carbocycles. The SMILES string of the molecule is CC(C)(C)c1ccc(-c2cc(N)ccc2N)cc1. The van der Waals surface area contributed by atoms with Crippen molar-refractivity contribution >= 4 is 11.4 Å². The fourth-order valence-electron chi connectivity index (χ4n) is 1.97. The summed E-state index contributed by atoms with van der Waals surface area (Å²) in [5.41, 5.74) is 16.9. The summed E-state index contributed by atoms with van der Waals surface area (Å²) in [6, 6.07) is 14.1. The second-order valence-corrected chi connectivity index (χ2v) is 5.67. The summed E-state index contributed by atoms with van der Waals surface area (Å²) >= 11 is 0. The molecule has 0 spiro atoms. The molecule has 94 valence electrons. The van der Waals surface area contributed by atoms with Gasteiger partial charge in [0.05, 0.1) is 0 Å². The standard InChI is InChI=1S/C16H20N2/c1-16(2,3)12-6-4-11(5-7-12)14-10-13(17)8-9-15(14)18/h4-10H,17-18H2,1-3H3. The third-order valence-corrected chi connectivity index (χ3v) is 3.14. The summed E-state index contributed by atoms with van der Waals surface area (Å²) in [7, 11) is 0. The van der Waals surface area contributed by atoms with E-state index in [-0.39, 0.29) is 5.41 Å². The minimum Gasteiger partial charge on any atom is -0.399 e. The second kappa shape index (κ2) is 4.37. The lowest BCUT2D eigenvalue weighted by molar-refractivity contribution is 0.590. The summed E-state index contributed by atoms with van der Waals surface area (Å²) in [6.07, 6.45) is 0. The highest BCUT2D eigenvalue weighted by Crippen LogP contribution is 2.30. The Morgan fingerprint density at radius 3 is 2.00 bits per heavy atom. The van der Waals surface area contributed by atoms with Crippen LogP contribution in [0, 0.1) is 0 Å². The molecule has 0 atom stereocenters. The molecular formula is C16H20N2. The van der Waals surface area contributed by atoms with Crippen LogP contribution in [0.4, 0.5) is 11.4 Å². The molecule has 0 fully saturated rings. The Morgan fingerprint density at radius 1 is 0.833 bits per heavy atom. The van der Waals surface area contributed by atoms with Gasteiger partial charge in [-0.05, 0) is 34.7 Å². The van der Waals surface area contributed by atoms with Crippen LogP contribution in [0.3, 0.4) is 0 Å². The highest BCUT2D eigenvalue weighted by molar-refractivity contribution is 5.79. The van der Waals surface area contributed by atoms with Crippen molar-refractivity contribution < 1.29 is 0 Å². The van der Waals surface area contributed by atoms with E-state index < -0.39 is 0 Å². The van der Waals surface area contributed by atoms with Crippen LogP contribution in [0.5, 0.6) is 0 Å². The molecule has 0 aliphatic rings. The van der Waals surface area contributed by atoms with Gasteiger partial charge in [0.1, 0.15) is 0 Å². The highest BCUT2D eigenvalue weighted by atomic mass is 14.6. The largest absolute Gasteiger partial charge is 0.399 e. The van der Waals surface area contributed by atoms with Crippen molar-refractivity contribution in [2.24, 2.45) is 0 Å². The first-order valence-corrected chi connectivity index (χ1v) is 6.14. The molecule has 2 nitrogen and oxygen atoms in total. The fourth-order valence-corrected chi connectivity index (χ4v) is 1.97. The lowest BCUT2D eigenvalue weighted by Gasteiger charge is -2.19. The Kier molecular flexibility index (Phi) is 3.04. The summed E-state index contributed by atoms with van der Waals surface area (Å²) in [5, 5.41) is 0. The zero-order valence-electron chi connectivity index (χ0n) is 11.2. The van der Waals surface area contributed by atoms with E-state index in [0.717, 1.165) is 22.5 Å². The third kappa shape index (κ3) is 2.48. The van der Waals surface area contributed by atoms with Crippen LogP contribution in [-0.4, -0.2) is 0 Å². The van der Waals surface area contributed by atoms with Crippen LogP contribution in [0.1, 0.15) is 26.3 Å². The van der Waals surface area contributed by atoms with Crippen molar-refractivity contribution in [3.63, 3.8) is 0 Å². The number of nitrogen functional groups attached to an aromatic ring is 2. The number of hydrogen-bond acceptors (Lipinski definition) is 2. The van der Waals surface area contributed by atoms with Crippen LogP contribution >= 0.6 is 0 Å². The van der Waals surface area contributed by atoms with Crippen LogP contribution in [0.15, 0.2) is 42.5 Å². The summed E-state index contributed by atoms with van der Waals surface area (Å²) in [4.78, 5) is 0. The molecule has 18 heavy (non-hydrogen) atoms. The van der Waals surface area contributed by atoms with Gasteiger partial charge in [-0.25, -0.2) is 0 Å². The van der Waals surface area contributed by atoms with E-state index in [4.69, 9.17) is 11.5 Å². The predicted octanol–water partition coefficient (Wildman–Crippen LogP) is 3.82. The topological polar surface area (TPSA) is 52.0 Å². The van der Waals surface area contributed by atoms with Gasteiger partial charge in [-0.3, -0.25) is 0 Å². The van der Waals surface area contributed by atoms with Crippen molar-refractivity contribution in [2.45, 2.75) is 26.2 Å². The Balaban J connectivity index is 2.43. The lowest BCUT2D eigenvalue weighted by Crippen LogP contribution is -2.10. The first-order chi connectivity index (χ1) is 8.38. The van der Waals surface area contributed by atoms with E-state index in [1.54, 1.807) is 0 Å². The summed E-state index contributed by atoms with van der Waals surface area (Å²) < 4.78 is 0. The Labute approximate surface area is 109 Å². The zero-order valence-corrected chi connectivity index (χ0v) is 11.2. The van der Waals surface area contributed by atoms with E-state index in [1.807, 2.05) is 18.2 Å². The molecule has 0 unspecified atom stereocenters. The quantitative estimate of drug-likeness (QED) is 0.745. The average molecular weight is 240 g/mol. The first-order valence-electron chi connectivity index (χ1n) is 6.14. The number of anilines is 2. The van der Waals surface area contributed by atoms with Crippen molar-refractivity contribution in [3.8, 4) is 11.1 Å². The van der Waals surface area contributed by atoms with Gasteiger partial charge in [-0.2, -0.15) is 0 Å². The molecule has 2 heteroatoms. The summed E-state index contributed by atoms with van der Waals surface area (Å²) in [5.74, 6) is 0. The van der Waals surface area contributed by atoms with Gasteiger partial charge in [-0.1, -0.05) is 45.0 Å². The predicted molar refractivity (Wildman–Crippen MR) is 79.4 cm³/mol. The molecule has 2 aromatic rings. The second-order valence-electron chi connectivity index (χ2n) is 5.67. The Bertz CT molecular complexity index is 548. The number of rotatable bonds is 1. The molecule has 4 N–H and O–H groups in total. The van der Waals surface area contributed by atoms with E-state index in [1.165, 1.54) is 5.56 Å². The highest BCUT2D eigenvalue weighted by Gasteiger charge is 2.13. The van der Waals surface area contributed by atoms with E-state index >= 15 is 0 Å². The van der Waals surface area contributed by atoms with Gasteiger partial charge in [0.15, 0.2) is 0 Å². The molecule has 0 heterocycles. The monoisotopic (exact) mass is 240 g/mol. The first kappa shape index (κ1) is 12.5. The molecule has 0 radical (unpaired) electrons. The van der Waals surface area contributed by atoms with E-state index in [2.05, 4.69) is 45.0 Å². The Morgan fingerprint density at radius 2 is 1.44 bits per heavy atom. The van der Waals surface area contributed by atoms with Gasteiger partial charge in [0.2, 0.25) is 0 Å². The number of hydrogen-bond donors (Lipinski definition) is 2. The molecule has 2 rings (SSSR count). The maximum Gasteiger partial charge on any atom is 0.0395 e. The van der Waals surface area contributed by atoms with Crippen LogP contribution < -0.4 is 11.5 Å². The minimum absolute atomic E-state index is 0.166. The molecule has 0 amide bonds. The van der Waals surface area contributed by atoms with Gasteiger partial charge >= 0.3 is 0 Å². The normalized spacial score (nSPS) is 11.5. The van der Waals surface area contributed by atoms with Gasteiger partial charge in [0.25, 0.3) is 0 Å². The maximum absolute atomic E-state index is 5.99. The van der Waals surface area contributed by atoms with Crippen LogP contribution in [-0.2, 0) is 5.41 Å². The van der Waals surface area contributed by atoms with Gasteiger partial charge < -0.3 is 11.5 Å². The van der Waals surface area contributed by atoms with Crippen molar-refractivity contribution in [2.75, 3.05) is 11.5 Å². The number of benzene rings is 2. The fraction of sp³-hybridized carbons (Fsp3) is 0.250. The molecule has 0 saturated heterocycles. The third-order valence-electron chi connectivity index (χ3n) is 3.14. The van der Waals surface area contributed by atoms with Crippen molar-refractivity contribution in [3.05, 3.63) is 48.0 Å². The van der Waals surface area contributed by atoms with Gasteiger partial charge in [0, 0.05) is 16.9 Å². The average Bonchev–Trinajstić information content (AvgIpc) is 2.31. The van der Waals surface area contributed by atoms with E-state index in [9.17, 15) is 0 Å². The van der Waals surface area contributed by atoms with Crippen molar-refractivity contribution in [1.29, 1.82) is 0 Å². The molecule has 0 saturated carbocycles. The van der Waals surface area contributed by atoms with Crippen LogP contribution in [0.25, 0.3) is 11.1 Å². The maximum atomic E-state index is 5.99. The smallest absolute Gasteiger partial charge is 0.0395 e. The molecular weight excluding hydrogens is 220 g/mol. The molecule has 0 aliphatic heterocycles. The molecule has 0 bridgehead atoms. The molecule has 0 aromatic heterocycles. The zero-order chi connectivity index (χ0) is 13.3. The van der Waals surface area contributed by atoms with Crippen molar-refractivity contribution in [1.82, 2.24) is 0 Å². The van der Waals surface area contributed by atoms with Crippen LogP contribution in [0.2, 0.25) is 0 Å². The van der Waals surface area contributed by atoms with E-state index in [0.29, 0.717) is 0 Å². The lowest BCUT2D eigenvalue weighted by atomic mass is 9.86. The Hall–Kier alpha value is -1.96. The summed E-state index contributed by atoms with van der Waals surface area (Å²) in [6.45, 7) is 6.62. The van der Waals surface area contributed by atoms with Gasteiger partial charge in [-0.15, -0.1) is 0 Å². The molecule has 0 aliphatic carbocycles. The number of nitrogens with two attached hydrogens (primary N) is 2. The minimum atomic E-state index is 0.166.